The molecule has 1 atom stereocenters. The fourth-order valence-corrected chi connectivity index (χ4v) is 1.85. The summed E-state index contributed by atoms with van der Waals surface area (Å²) < 4.78 is 5.04. The lowest BCUT2D eigenvalue weighted by Gasteiger charge is -2.15. The molecule has 1 amide bonds. The summed E-state index contributed by atoms with van der Waals surface area (Å²) in [6.07, 6.45) is -0.202. The second-order valence-corrected chi connectivity index (χ2v) is 5.19. The van der Waals surface area contributed by atoms with Crippen LogP contribution in [0.15, 0.2) is 18.2 Å². The molecule has 0 aliphatic rings. The van der Waals surface area contributed by atoms with Crippen LogP contribution in [0.3, 0.4) is 0 Å². The number of benzene rings is 1. The van der Waals surface area contributed by atoms with Crippen LogP contribution < -0.4 is 10.2 Å². The highest BCUT2D eigenvalue weighted by molar-refractivity contribution is 5.93. The van der Waals surface area contributed by atoms with Crippen LogP contribution in [0.5, 0.6) is 0 Å². The largest absolute Gasteiger partial charge is 0.449 e. The van der Waals surface area contributed by atoms with Gasteiger partial charge in [-0.3, -0.25) is 14.9 Å². The maximum Gasteiger partial charge on any atom is 0.339 e. The Labute approximate surface area is 134 Å². The van der Waals surface area contributed by atoms with Gasteiger partial charge in [-0.15, -0.1) is 0 Å². The second kappa shape index (κ2) is 8.11. The van der Waals surface area contributed by atoms with Gasteiger partial charge in [0.1, 0.15) is 5.69 Å². The summed E-state index contributed by atoms with van der Waals surface area (Å²) in [6, 6.07) is 4.05. The molecule has 126 valence electrons. The Morgan fingerprint density at radius 3 is 2.57 bits per heavy atom. The molecule has 1 aromatic rings. The molecule has 0 heterocycles. The van der Waals surface area contributed by atoms with E-state index in [0.29, 0.717) is 12.2 Å². The van der Waals surface area contributed by atoms with Crippen LogP contribution in [0.2, 0.25) is 0 Å². The number of anilines is 1. The van der Waals surface area contributed by atoms with Crippen LogP contribution in [-0.4, -0.2) is 43.5 Å². The summed E-state index contributed by atoms with van der Waals surface area (Å²) in [6.45, 7) is 3.84. The Morgan fingerprint density at radius 2 is 2.04 bits per heavy atom. The number of carbonyl (C=O) groups is 2. The van der Waals surface area contributed by atoms with Crippen molar-refractivity contribution in [3.63, 3.8) is 0 Å². The fourth-order valence-electron chi connectivity index (χ4n) is 1.85. The molecule has 1 aromatic carbocycles. The lowest BCUT2D eigenvalue weighted by Crippen LogP contribution is -2.36. The van der Waals surface area contributed by atoms with Gasteiger partial charge >= 0.3 is 5.97 Å². The Morgan fingerprint density at radius 1 is 1.39 bits per heavy atom. The topological polar surface area (TPSA) is 102 Å². The molecule has 0 radical (unpaired) electrons. The van der Waals surface area contributed by atoms with Gasteiger partial charge in [-0.1, -0.05) is 6.92 Å². The minimum atomic E-state index is -0.971. The van der Waals surface area contributed by atoms with Gasteiger partial charge in [0.05, 0.1) is 10.5 Å². The first kappa shape index (κ1) is 18.4. The summed E-state index contributed by atoms with van der Waals surface area (Å²) in [5, 5.41) is 13.7. The molecule has 8 heteroatoms. The third-order valence-corrected chi connectivity index (χ3v) is 3.09. The number of hydrogen-bond donors (Lipinski definition) is 1. The standard InChI is InChI=1S/C15H21N3O5/c1-5-8-16-14(19)10(2)23-15(20)11-6-7-12(17(3)4)13(9-11)18(21)22/h6-7,9-10H,5,8H2,1-4H3,(H,16,19)/t10-/m0/s1. The molecule has 0 bridgehead atoms. The number of esters is 1. The van der Waals surface area contributed by atoms with Crippen molar-refractivity contribution in [2.75, 3.05) is 25.5 Å². The number of hydrogen-bond acceptors (Lipinski definition) is 6. The Bertz CT molecular complexity index is 601. The van der Waals surface area contributed by atoms with E-state index in [9.17, 15) is 19.7 Å². The van der Waals surface area contributed by atoms with Gasteiger partial charge in [-0.2, -0.15) is 0 Å². The lowest BCUT2D eigenvalue weighted by molar-refractivity contribution is -0.384. The summed E-state index contributed by atoms with van der Waals surface area (Å²) in [5.74, 6) is -1.18. The zero-order chi connectivity index (χ0) is 17.6. The smallest absolute Gasteiger partial charge is 0.339 e. The minimum absolute atomic E-state index is 0.0254. The molecule has 0 aliphatic heterocycles. The highest BCUT2D eigenvalue weighted by Crippen LogP contribution is 2.28. The van der Waals surface area contributed by atoms with Crippen LogP contribution in [0.1, 0.15) is 30.6 Å². The van der Waals surface area contributed by atoms with E-state index >= 15 is 0 Å². The number of nitrogens with zero attached hydrogens (tertiary/aromatic N) is 2. The van der Waals surface area contributed by atoms with Gasteiger partial charge in [0, 0.05) is 26.7 Å². The van der Waals surface area contributed by atoms with Crippen molar-refractivity contribution in [1.29, 1.82) is 0 Å². The average molecular weight is 323 g/mol. The number of ether oxygens (including phenoxy) is 1. The molecule has 0 unspecified atom stereocenters. The Balaban J connectivity index is 2.90. The number of carbonyl (C=O) groups excluding carboxylic acids is 2. The lowest BCUT2D eigenvalue weighted by atomic mass is 10.1. The number of nitro groups is 1. The molecular formula is C15H21N3O5. The zero-order valence-electron chi connectivity index (χ0n) is 13.7. The summed E-state index contributed by atoms with van der Waals surface area (Å²) in [5.41, 5.74) is 0.199. The minimum Gasteiger partial charge on any atom is -0.449 e. The third-order valence-electron chi connectivity index (χ3n) is 3.09. The van der Waals surface area contributed by atoms with Gasteiger partial charge in [0.25, 0.3) is 11.6 Å². The SMILES string of the molecule is CCCNC(=O)[C@H](C)OC(=O)c1ccc(N(C)C)c([N+](=O)[O-])c1. The molecule has 0 saturated heterocycles. The Hall–Kier alpha value is -2.64. The van der Waals surface area contributed by atoms with Crippen molar-refractivity contribution in [1.82, 2.24) is 5.32 Å². The second-order valence-electron chi connectivity index (χ2n) is 5.19. The quantitative estimate of drug-likeness (QED) is 0.466. The van der Waals surface area contributed by atoms with Crippen LogP contribution in [0.4, 0.5) is 11.4 Å². The van der Waals surface area contributed by atoms with E-state index in [-0.39, 0.29) is 11.3 Å². The average Bonchev–Trinajstić information content (AvgIpc) is 2.51. The number of nitro benzene ring substituents is 1. The number of nitrogens with one attached hydrogen (secondary N) is 1. The molecule has 0 saturated carbocycles. The third kappa shape index (κ3) is 4.94. The van der Waals surface area contributed by atoms with E-state index < -0.39 is 22.9 Å². The molecule has 1 N–H and O–H groups in total. The van der Waals surface area contributed by atoms with Crippen molar-refractivity contribution in [3.8, 4) is 0 Å². The van der Waals surface area contributed by atoms with Crippen molar-refractivity contribution in [3.05, 3.63) is 33.9 Å². The first-order valence-electron chi connectivity index (χ1n) is 7.22. The highest BCUT2D eigenvalue weighted by atomic mass is 16.6. The normalized spacial score (nSPS) is 11.5. The van der Waals surface area contributed by atoms with Crippen molar-refractivity contribution >= 4 is 23.3 Å². The number of amides is 1. The summed E-state index contributed by atoms with van der Waals surface area (Å²) in [7, 11) is 3.33. The van der Waals surface area contributed by atoms with Gasteiger partial charge in [0.15, 0.2) is 6.10 Å². The predicted octanol–water partition coefficient (Wildman–Crippen LogP) is 1.73. The zero-order valence-corrected chi connectivity index (χ0v) is 13.7. The molecule has 0 fully saturated rings. The van der Waals surface area contributed by atoms with E-state index in [0.717, 1.165) is 12.5 Å². The maximum absolute atomic E-state index is 12.1. The monoisotopic (exact) mass is 323 g/mol. The number of rotatable bonds is 7. The Kier molecular flexibility index (Phi) is 6.49. The molecule has 0 aliphatic carbocycles. The first-order chi connectivity index (χ1) is 10.8. The van der Waals surface area contributed by atoms with Crippen LogP contribution in [0, 0.1) is 10.1 Å². The van der Waals surface area contributed by atoms with Crippen molar-refractivity contribution in [2.45, 2.75) is 26.4 Å². The van der Waals surface area contributed by atoms with Crippen molar-refractivity contribution < 1.29 is 19.2 Å². The predicted molar refractivity (Wildman–Crippen MR) is 85.6 cm³/mol. The van der Waals surface area contributed by atoms with Gasteiger partial charge < -0.3 is 15.0 Å². The van der Waals surface area contributed by atoms with Gasteiger partial charge in [-0.05, 0) is 25.5 Å². The molecule has 1 rings (SSSR count). The van der Waals surface area contributed by atoms with Gasteiger partial charge in [0.2, 0.25) is 0 Å². The highest BCUT2D eigenvalue weighted by Gasteiger charge is 2.22. The first-order valence-corrected chi connectivity index (χ1v) is 7.22. The molecule has 23 heavy (non-hydrogen) atoms. The molecule has 0 aromatic heterocycles. The summed E-state index contributed by atoms with van der Waals surface area (Å²) >= 11 is 0. The van der Waals surface area contributed by atoms with Crippen LogP contribution in [0.25, 0.3) is 0 Å². The maximum atomic E-state index is 12.1. The van der Waals surface area contributed by atoms with E-state index in [1.807, 2.05) is 6.92 Å². The van der Waals surface area contributed by atoms with E-state index in [2.05, 4.69) is 5.32 Å². The van der Waals surface area contributed by atoms with Crippen LogP contribution >= 0.6 is 0 Å². The molecule has 8 nitrogen and oxygen atoms in total. The van der Waals surface area contributed by atoms with E-state index in [4.69, 9.17) is 4.74 Å². The van der Waals surface area contributed by atoms with Gasteiger partial charge in [-0.25, -0.2) is 4.79 Å². The van der Waals surface area contributed by atoms with Crippen molar-refractivity contribution in [2.24, 2.45) is 0 Å². The fraction of sp³-hybridized carbons (Fsp3) is 0.467. The molecular weight excluding hydrogens is 302 g/mol. The summed E-state index contributed by atoms with van der Waals surface area (Å²) in [4.78, 5) is 35.9. The van der Waals surface area contributed by atoms with E-state index in [1.54, 1.807) is 19.0 Å². The van der Waals surface area contributed by atoms with E-state index in [1.165, 1.54) is 19.1 Å². The van der Waals surface area contributed by atoms with Crippen LogP contribution in [-0.2, 0) is 9.53 Å². The molecule has 0 spiro atoms.